The molecule has 0 saturated carbocycles. The van der Waals surface area contributed by atoms with Crippen LogP contribution >= 0.6 is 0 Å². The highest BCUT2D eigenvalue weighted by Gasteiger charge is 2.39. The Kier molecular flexibility index (Phi) is 4.77. The molecule has 0 spiro atoms. The minimum Gasteiger partial charge on any atom is -0.465 e. The van der Waals surface area contributed by atoms with Crippen LogP contribution in [0.5, 0.6) is 0 Å². The number of methoxy groups -OCH3 is 1. The third-order valence-electron chi connectivity index (χ3n) is 4.92. The highest BCUT2D eigenvalue weighted by Crippen LogP contribution is 2.40. The van der Waals surface area contributed by atoms with Gasteiger partial charge in [0.1, 0.15) is 5.54 Å². The van der Waals surface area contributed by atoms with E-state index in [9.17, 15) is 4.79 Å². The number of benzene rings is 3. The lowest BCUT2D eigenvalue weighted by atomic mass is 9.77. The Bertz CT molecular complexity index is 961. The van der Waals surface area contributed by atoms with E-state index >= 15 is 0 Å². The minimum atomic E-state index is -0.726. The second kappa shape index (κ2) is 7.53. The summed E-state index contributed by atoms with van der Waals surface area (Å²) in [5, 5.41) is 4.60. The summed E-state index contributed by atoms with van der Waals surface area (Å²) < 4.78 is 6.73. The molecule has 0 fully saturated rings. The molecule has 4 rings (SSSR count). The van der Waals surface area contributed by atoms with E-state index in [0.717, 1.165) is 16.7 Å². The standard InChI is InChI=1S/C24H20N2O2/c1-28-23(27)19-17-25-26(18-19)24(20-11-5-2-6-12-20,21-13-7-3-8-14-21)22-15-9-4-10-16-22/h2-18H,1H3. The van der Waals surface area contributed by atoms with E-state index in [1.807, 2.05) is 59.3 Å². The fourth-order valence-electron chi connectivity index (χ4n) is 3.66. The zero-order chi connectivity index (χ0) is 19.4. The molecule has 1 aromatic heterocycles. The van der Waals surface area contributed by atoms with Crippen molar-refractivity contribution >= 4 is 5.97 Å². The van der Waals surface area contributed by atoms with Crippen LogP contribution in [-0.4, -0.2) is 22.9 Å². The fourth-order valence-corrected chi connectivity index (χ4v) is 3.66. The van der Waals surface area contributed by atoms with E-state index in [1.165, 1.54) is 7.11 Å². The maximum absolute atomic E-state index is 12.1. The van der Waals surface area contributed by atoms with E-state index in [1.54, 1.807) is 12.4 Å². The number of nitrogens with zero attached hydrogens (tertiary/aromatic N) is 2. The smallest absolute Gasteiger partial charge is 0.341 e. The molecule has 4 nitrogen and oxygen atoms in total. The van der Waals surface area contributed by atoms with Gasteiger partial charge in [0.25, 0.3) is 0 Å². The highest BCUT2D eigenvalue weighted by molar-refractivity contribution is 5.88. The molecule has 0 bridgehead atoms. The topological polar surface area (TPSA) is 44.1 Å². The summed E-state index contributed by atoms with van der Waals surface area (Å²) in [5.41, 5.74) is 2.83. The summed E-state index contributed by atoms with van der Waals surface area (Å²) in [6.45, 7) is 0. The molecule has 0 atom stereocenters. The first-order chi connectivity index (χ1) is 13.8. The van der Waals surface area contributed by atoms with Crippen LogP contribution in [0.3, 0.4) is 0 Å². The lowest BCUT2D eigenvalue weighted by Crippen LogP contribution is -2.38. The van der Waals surface area contributed by atoms with Crippen molar-refractivity contribution in [2.45, 2.75) is 5.54 Å². The van der Waals surface area contributed by atoms with Crippen LogP contribution in [-0.2, 0) is 10.3 Å². The molecule has 1 heterocycles. The summed E-state index contributed by atoms with van der Waals surface area (Å²) in [4.78, 5) is 12.1. The molecule has 0 amide bonds. The largest absolute Gasteiger partial charge is 0.465 e. The van der Waals surface area contributed by atoms with Crippen molar-refractivity contribution in [3.8, 4) is 0 Å². The van der Waals surface area contributed by atoms with Gasteiger partial charge < -0.3 is 4.74 Å². The van der Waals surface area contributed by atoms with Crippen molar-refractivity contribution in [2.75, 3.05) is 7.11 Å². The second-order valence-electron chi connectivity index (χ2n) is 6.47. The number of hydrogen-bond donors (Lipinski definition) is 0. The Labute approximate surface area is 164 Å². The Morgan fingerprint density at radius 1 is 0.786 bits per heavy atom. The summed E-state index contributed by atoms with van der Waals surface area (Å²) in [5.74, 6) is -0.408. The molecule has 4 aromatic rings. The zero-order valence-electron chi connectivity index (χ0n) is 15.5. The molecule has 28 heavy (non-hydrogen) atoms. The van der Waals surface area contributed by atoms with Gasteiger partial charge in [-0.25, -0.2) is 4.79 Å². The summed E-state index contributed by atoms with van der Waals surface area (Å²) in [7, 11) is 1.37. The Morgan fingerprint density at radius 3 is 1.61 bits per heavy atom. The first-order valence-corrected chi connectivity index (χ1v) is 9.07. The van der Waals surface area contributed by atoms with E-state index in [4.69, 9.17) is 4.74 Å². The molecule has 0 radical (unpaired) electrons. The van der Waals surface area contributed by atoms with Gasteiger partial charge in [-0.05, 0) is 16.7 Å². The molecule has 0 aliphatic carbocycles. The van der Waals surface area contributed by atoms with Gasteiger partial charge >= 0.3 is 5.97 Å². The van der Waals surface area contributed by atoms with Gasteiger partial charge in [-0.1, -0.05) is 91.0 Å². The number of aromatic nitrogens is 2. The van der Waals surface area contributed by atoms with Crippen molar-refractivity contribution in [1.82, 2.24) is 9.78 Å². The van der Waals surface area contributed by atoms with E-state index < -0.39 is 11.5 Å². The molecular formula is C24H20N2O2. The van der Waals surface area contributed by atoms with Crippen molar-refractivity contribution in [2.24, 2.45) is 0 Å². The van der Waals surface area contributed by atoms with E-state index in [2.05, 4.69) is 41.5 Å². The highest BCUT2D eigenvalue weighted by atomic mass is 16.5. The molecule has 0 saturated heterocycles. The van der Waals surface area contributed by atoms with Crippen molar-refractivity contribution in [1.29, 1.82) is 0 Å². The SMILES string of the molecule is COC(=O)c1cnn(C(c2ccccc2)(c2ccccc2)c2ccccc2)c1. The first-order valence-electron chi connectivity index (χ1n) is 9.07. The summed E-state index contributed by atoms with van der Waals surface area (Å²) in [6, 6.07) is 30.6. The van der Waals surface area contributed by atoms with Crippen molar-refractivity contribution < 1.29 is 9.53 Å². The lowest BCUT2D eigenvalue weighted by molar-refractivity contribution is 0.0600. The van der Waals surface area contributed by atoms with Crippen LogP contribution < -0.4 is 0 Å². The number of carbonyl (C=O) groups is 1. The molecule has 0 aliphatic heterocycles. The average molecular weight is 368 g/mol. The number of carbonyl (C=O) groups excluding carboxylic acids is 1. The van der Waals surface area contributed by atoms with Crippen LogP contribution in [0.4, 0.5) is 0 Å². The quantitative estimate of drug-likeness (QED) is 0.385. The second-order valence-corrected chi connectivity index (χ2v) is 6.47. The molecule has 0 N–H and O–H groups in total. The maximum atomic E-state index is 12.1. The monoisotopic (exact) mass is 368 g/mol. The number of hydrogen-bond acceptors (Lipinski definition) is 3. The average Bonchev–Trinajstić information content (AvgIpc) is 3.26. The molecule has 0 unspecified atom stereocenters. The number of ether oxygens (including phenoxy) is 1. The van der Waals surface area contributed by atoms with Crippen LogP contribution in [0, 0.1) is 0 Å². The Hall–Kier alpha value is -3.66. The third kappa shape index (κ3) is 2.89. The zero-order valence-corrected chi connectivity index (χ0v) is 15.5. The number of esters is 1. The molecule has 4 heteroatoms. The van der Waals surface area contributed by atoms with Gasteiger partial charge in [0.2, 0.25) is 0 Å². The minimum absolute atomic E-state index is 0.408. The van der Waals surface area contributed by atoms with E-state index in [-0.39, 0.29) is 0 Å². The number of rotatable bonds is 5. The van der Waals surface area contributed by atoms with Crippen LogP contribution in [0.25, 0.3) is 0 Å². The normalized spacial score (nSPS) is 11.2. The predicted octanol–water partition coefficient (Wildman–Crippen LogP) is 4.51. The third-order valence-corrected chi connectivity index (χ3v) is 4.92. The Balaban J connectivity index is 2.07. The summed E-state index contributed by atoms with van der Waals surface area (Å²) in [6.07, 6.45) is 3.30. The van der Waals surface area contributed by atoms with Gasteiger partial charge in [0, 0.05) is 6.20 Å². The molecule has 138 valence electrons. The fraction of sp³-hybridized carbons (Fsp3) is 0.0833. The van der Waals surface area contributed by atoms with Gasteiger partial charge in [-0.15, -0.1) is 0 Å². The predicted molar refractivity (Wildman–Crippen MR) is 108 cm³/mol. The van der Waals surface area contributed by atoms with Crippen molar-refractivity contribution in [3.63, 3.8) is 0 Å². The lowest BCUT2D eigenvalue weighted by Gasteiger charge is -2.36. The van der Waals surface area contributed by atoms with Crippen LogP contribution in [0.15, 0.2) is 103 Å². The van der Waals surface area contributed by atoms with Crippen molar-refractivity contribution in [3.05, 3.63) is 126 Å². The molecular weight excluding hydrogens is 348 g/mol. The van der Waals surface area contributed by atoms with Crippen LogP contribution in [0.2, 0.25) is 0 Å². The Morgan fingerprint density at radius 2 is 1.21 bits per heavy atom. The van der Waals surface area contributed by atoms with Gasteiger partial charge in [0.05, 0.1) is 18.9 Å². The molecule has 3 aromatic carbocycles. The maximum Gasteiger partial charge on any atom is 0.341 e. The summed E-state index contributed by atoms with van der Waals surface area (Å²) >= 11 is 0. The van der Waals surface area contributed by atoms with Gasteiger partial charge in [-0.3, -0.25) is 4.68 Å². The van der Waals surface area contributed by atoms with Gasteiger partial charge in [-0.2, -0.15) is 5.10 Å². The van der Waals surface area contributed by atoms with E-state index in [0.29, 0.717) is 5.56 Å². The van der Waals surface area contributed by atoms with Crippen LogP contribution in [0.1, 0.15) is 27.0 Å². The first kappa shape index (κ1) is 17.7. The van der Waals surface area contributed by atoms with Gasteiger partial charge in [0.15, 0.2) is 0 Å². The molecule has 0 aliphatic rings.